The third-order valence-electron chi connectivity index (χ3n) is 9.21. The Morgan fingerprint density at radius 2 is 1.10 bits per heavy atom. The molecule has 0 bridgehead atoms. The molecule has 2 saturated heterocycles. The van der Waals surface area contributed by atoms with Crippen molar-refractivity contribution in [3.63, 3.8) is 0 Å². The number of carbonyl (C=O) groups excluding carboxylic acids is 2. The molecule has 0 radical (unpaired) electrons. The zero-order valence-electron chi connectivity index (χ0n) is 29.9. The molecule has 10 nitrogen and oxygen atoms in total. The molecule has 6 atom stereocenters. The van der Waals surface area contributed by atoms with E-state index in [1.54, 1.807) is 13.8 Å². The van der Waals surface area contributed by atoms with Gasteiger partial charge in [-0.2, -0.15) is 0 Å². The van der Waals surface area contributed by atoms with Crippen molar-refractivity contribution >= 4 is 11.9 Å². The van der Waals surface area contributed by atoms with Gasteiger partial charge in [-0.1, -0.05) is 121 Å². The zero-order chi connectivity index (χ0) is 36.3. The monoisotopic (exact) mass is 709 g/mol. The highest BCUT2D eigenvalue weighted by Gasteiger charge is 2.53. The number of nitrogens with zero attached hydrogens (tertiary/aromatic N) is 1. The summed E-state index contributed by atoms with van der Waals surface area (Å²) in [6.45, 7) is 6.07. The first kappa shape index (κ1) is 37.3. The van der Waals surface area contributed by atoms with Gasteiger partial charge < -0.3 is 33.2 Å². The van der Waals surface area contributed by atoms with Gasteiger partial charge >= 0.3 is 6.09 Å². The molecule has 0 unspecified atom stereocenters. The molecule has 1 amide bonds. The number of benzene rings is 4. The molecule has 2 heterocycles. The van der Waals surface area contributed by atoms with Crippen molar-refractivity contribution < 1.29 is 42.7 Å². The summed E-state index contributed by atoms with van der Waals surface area (Å²) in [5.41, 5.74) is 2.73. The first-order valence-corrected chi connectivity index (χ1v) is 17.7. The Labute approximate surface area is 305 Å². The second-order valence-corrected chi connectivity index (χ2v) is 13.5. The van der Waals surface area contributed by atoms with Crippen molar-refractivity contribution in [1.29, 1.82) is 0 Å². The fraction of sp³-hybridized carbons (Fsp3) is 0.381. The molecular weight excluding hydrogens is 662 g/mol. The van der Waals surface area contributed by atoms with Gasteiger partial charge in [-0.15, -0.1) is 0 Å². The van der Waals surface area contributed by atoms with Gasteiger partial charge in [0.05, 0.1) is 39.6 Å². The van der Waals surface area contributed by atoms with Crippen molar-refractivity contribution in [3.8, 4) is 0 Å². The van der Waals surface area contributed by atoms with Crippen LogP contribution in [0.3, 0.4) is 0 Å². The molecule has 6 rings (SSSR count). The predicted molar refractivity (Wildman–Crippen MR) is 193 cm³/mol. The summed E-state index contributed by atoms with van der Waals surface area (Å²) in [7, 11) is 0. The van der Waals surface area contributed by atoms with Crippen LogP contribution >= 0.6 is 0 Å². The molecule has 4 aromatic rings. The average Bonchev–Trinajstić information content (AvgIpc) is 3.49. The second kappa shape index (κ2) is 17.9. The summed E-state index contributed by atoms with van der Waals surface area (Å²) in [6.07, 6.45) is -5.20. The average molecular weight is 710 g/mol. The minimum Gasteiger partial charge on any atom is -0.416 e. The van der Waals surface area contributed by atoms with E-state index in [4.69, 9.17) is 33.2 Å². The number of ether oxygens (including phenoxy) is 7. The van der Waals surface area contributed by atoms with Crippen molar-refractivity contribution in [2.75, 3.05) is 13.2 Å². The van der Waals surface area contributed by atoms with Gasteiger partial charge in [-0.3, -0.25) is 9.69 Å². The van der Waals surface area contributed by atoms with Gasteiger partial charge in [-0.25, -0.2) is 4.79 Å². The Hall–Kier alpha value is -4.42. The van der Waals surface area contributed by atoms with Crippen LogP contribution in [0.5, 0.6) is 0 Å². The van der Waals surface area contributed by atoms with Crippen LogP contribution in [0, 0.1) is 0 Å². The lowest BCUT2D eigenvalue weighted by atomic mass is 9.97. The van der Waals surface area contributed by atoms with Crippen LogP contribution in [0.2, 0.25) is 0 Å². The van der Waals surface area contributed by atoms with E-state index in [2.05, 4.69) is 0 Å². The normalized spacial score (nSPS) is 24.0. The van der Waals surface area contributed by atoms with E-state index in [0.717, 1.165) is 22.3 Å². The Bertz CT molecular complexity index is 1690. The fourth-order valence-corrected chi connectivity index (χ4v) is 6.45. The Kier molecular flexibility index (Phi) is 12.8. The molecule has 2 fully saturated rings. The molecule has 274 valence electrons. The third-order valence-corrected chi connectivity index (χ3v) is 9.21. The number of hydrogen-bond donors (Lipinski definition) is 0. The largest absolute Gasteiger partial charge is 0.416 e. The third kappa shape index (κ3) is 9.71. The lowest BCUT2D eigenvalue weighted by Gasteiger charge is -2.46. The van der Waals surface area contributed by atoms with Crippen LogP contribution in [0.4, 0.5) is 4.79 Å². The van der Waals surface area contributed by atoms with Crippen LogP contribution < -0.4 is 0 Å². The van der Waals surface area contributed by atoms with E-state index >= 15 is 0 Å². The molecule has 2 aliphatic rings. The lowest BCUT2D eigenvalue weighted by Crippen LogP contribution is -2.63. The van der Waals surface area contributed by atoms with E-state index in [9.17, 15) is 9.59 Å². The lowest BCUT2D eigenvalue weighted by molar-refractivity contribution is -0.317. The summed E-state index contributed by atoms with van der Waals surface area (Å²) < 4.78 is 45.0. The van der Waals surface area contributed by atoms with Crippen LogP contribution in [-0.4, -0.2) is 72.5 Å². The summed E-state index contributed by atoms with van der Waals surface area (Å²) in [5.74, 6) is -0.213. The Balaban J connectivity index is 1.34. The molecule has 2 aliphatic heterocycles. The van der Waals surface area contributed by atoms with Gasteiger partial charge in [0.25, 0.3) is 0 Å². The highest BCUT2D eigenvalue weighted by molar-refractivity contribution is 5.86. The molecule has 0 N–H and O–H groups in total. The highest BCUT2D eigenvalue weighted by atomic mass is 16.7. The maximum Gasteiger partial charge on any atom is 0.415 e. The van der Waals surface area contributed by atoms with Gasteiger partial charge in [0.2, 0.25) is 6.29 Å². The maximum absolute atomic E-state index is 14.1. The Morgan fingerprint density at radius 1 is 0.654 bits per heavy atom. The van der Waals surface area contributed by atoms with Crippen LogP contribution in [0.15, 0.2) is 121 Å². The molecule has 0 spiro atoms. The minimum atomic E-state index is -1.26. The van der Waals surface area contributed by atoms with Crippen molar-refractivity contribution in [2.45, 2.75) is 89.7 Å². The van der Waals surface area contributed by atoms with Crippen molar-refractivity contribution in [2.24, 2.45) is 0 Å². The van der Waals surface area contributed by atoms with Crippen molar-refractivity contribution in [1.82, 2.24) is 4.90 Å². The van der Waals surface area contributed by atoms with Gasteiger partial charge in [0, 0.05) is 0 Å². The number of rotatable bonds is 15. The maximum atomic E-state index is 14.1. The second-order valence-electron chi connectivity index (χ2n) is 13.5. The van der Waals surface area contributed by atoms with Gasteiger partial charge in [0.15, 0.2) is 5.78 Å². The first-order chi connectivity index (χ1) is 25.3. The highest BCUT2D eigenvalue weighted by Crippen LogP contribution is 2.34. The van der Waals surface area contributed by atoms with Crippen LogP contribution in [0.1, 0.15) is 43.0 Å². The summed E-state index contributed by atoms with van der Waals surface area (Å²) in [4.78, 5) is 28.0. The van der Waals surface area contributed by atoms with E-state index in [1.807, 2.05) is 121 Å². The van der Waals surface area contributed by atoms with Gasteiger partial charge in [-0.05, 0) is 43.0 Å². The zero-order valence-corrected chi connectivity index (χ0v) is 29.9. The molecule has 4 aromatic carbocycles. The molecule has 0 aromatic heterocycles. The van der Waals surface area contributed by atoms with E-state index < -0.39 is 48.6 Å². The molecule has 0 saturated carbocycles. The SMILES string of the molecule is CC(=O)[C@H]1COC(C)(C)N1C(=O)O[C@H]1O[C@H](COCc2ccccc2)[C@@H](OCc2ccccc2)[C@H](OCc2ccccc2)[C@H]1OCc1ccccc1. The van der Waals surface area contributed by atoms with Crippen LogP contribution in [0.25, 0.3) is 0 Å². The first-order valence-electron chi connectivity index (χ1n) is 17.7. The standard InChI is InChI=1S/C42H47NO9/c1-30(44)35-28-50-42(2,3)43(35)41(45)52-40-39(49-27-34-22-14-7-15-23-34)38(48-26-33-20-12-6-13-21-33)37(47-25-32-18-10-5-11-19-32)36(51-40)29-46-24-31-16-8-4-9-17-31/h4-23,35-40H,24-29H2,1-3H3/t35-,36-,37-,38+,39-,40-/m1/s1. The Morgan fingerprint density at radius 3 is 1.58 bits per heavy atom. The number of amides is 1. The summed E-state index contributed by atoms with van der Waals surface area (Å²) in [5, 5.41) is 0. The topological polar surface area (TPSA) is 102 Å². The number of hydrogen-bond acceptors (Lipinski definition) is 9. The fourth-order valence-electron chi connectivity index (χ4n) is 6.45. The van der Waals surface area contributed by atoms with Crippen LogP contribution in [-0.2, 0) is 64.4 Å². The summed E-state index contributed by atoms with van der Waals surface area (Å²) >= 11 is 0. The van der Waals surface area contributed by atoms with Crippen molar-refractivity contribution in [3.05, 3.63) is 144 Å². The quantitative estimate of drug-likeness (QED) is 0.131. The number of carbonyl (C=O) groups is 2. The number of ketones is 1. The van der Waals surface area contributed by atoms with E-state index in [-0.39, 0.29) is 38.8 Å². The van der Waals surface area contributed by atoms with Gasteiger partial charge in [0.1, 0.15) is 36.2 Å². The smallest absolute Gasteiger partial charge is 0.415 e. The molecule has 0 aliphatic carbocycles. The van der Waals surface area contributed by atoms with E-state index in [0.29, 0.717) is 6.61 Å². The summed E-state index contributed by atoms with van der Waals surface area (Å²) in [6, 6.07) is 38.4. The molecular formula is C42H47NO9. The van der Waals surface area contributed by atoms with E-state index in [1.165, 1.54) is 11.8 Å². The minimum absolute atomic E-state index is 0.0606. The molecule has 52 heavy (non-hydrogen) atoms. The molecule has 10 heteroatoms. The predicted octanol–water partition coefficient (Wildman–Crippen LogP) is 6.85. The number of Topliss-reactive ketones (excluding diaryl/α,β-unsaturated/α-hetero) is 1.